The first-order valence-electron chi connectivity index (χ1n) is 12.0. The standard InChI is InChI=1S/C25H21Cl2F3N8O2/c1-36-10-13(11-36)12-39-16-6-14(25(28,29)30)5-15(7-16)34-24-35-23-21(37(24)2)19(26)17(8-32-23)40-18-9-33-38-4-3-31-22(27)20(18)38/h3-9,13H,10-12H2,1-2H3,(H,32,34,35). The number of aromatic nitrogens is 6. The fourth-order valence-corrected chi connectivity index (χ4v) is 5.10. The topological polar surface area (TPSA) is 94.6 Å². The summed E-state index contributed by atoms with van der Waals surface area (Å²) in [5.41, 5.74) is 0.416. The zero-order valence-corrected chi connectivity index (χ0v) is 22.6. The van der Waals surface area contributed by atoms with Crippen LogP contribution in [-0.4, -0.2) is 60.8 Å². The normalized spacial score (nSPS) is 14.6. The maximum atomic E-state index is 13.7. The first kappa shape index (κ1) is 26.4. The van der Waals surface area contributed by atoms with Crippen molar-refractivity contribution in [3.8, 4) is 17.2 Å². The Hall–Kier alpha value is -3.81. The number of nitrogens with zero attached hydrogens (tertiary/aromatic N) is 7. The molecule has 1 aliphatic heterocycles. The number of hydrogen-bond acceptors (Lipinski definition) is 8. The van der Waals surface area contributed by atoms with Gasteiger partial charge in [0.1, 0.15) is 21.8 Å². The lowest BCUT2D eigenvalue weighted by Crippen LogP contribution is -2.46. The fraction of sp³-hybridized carbons (Fsp3) is 0.280. The molecular weight excluding hydrogens is 572 g/mol. The number of hydrogen-bond donors (Lipinski definition) is 1. The van der Waals surface area contributed by atoms with Crippen molar-refractivity contribution in [1.82, 2.24) is 34.0 Å². The van der Waals surface area contributed by atoms with Crippen LogP contribution in [0.25, 0.3) is 16.7 Å². The highest BCUT2D eigenvalue weighted by molar-refractivity contribution is 6.36. The summed E-state index contributed by atoms with van der Waals surface area (Å²) in [5, 5.41) is 7.51. The van der Waals surface area contributed by atoms with Crippen LogP contribution in [0.1, 0.15) is 5.56 Å². The van der Waals surface area contributed by atoms with Gasteiger partial charge in [0, 0.05) is 50.2 Å². The average molecular weight is 593 g/mol. The van der Waals surface area contributed by atoms with Gasteiger partial charge in [0.05, 0.1) is 24.6 Å². The van der Waals surface area contributed by atoms with Gasteiger partial charge in [-0.1, -0.05) is 23.2 Å². The molecule has 5 aromatic rings. The number of rotatable bonds is 7. The van der Waals surface area contributed by atoms with E-state index in [0.717, 1.165) is 25.2 Å². The van der Waals surface area contributed by atoms with Crippen molar-refractivity contribution in [2.75, 3.05) is 32.1 Å². The Bertz CT molecular complexity index is 1730. The predicted molar refractivity (Wildman–Crippen MR) is 143 cm³/mol. The van der Waals surface area contributed by atoms with Gasteiger partial charge < -0.3 is 24.3 Å². The SMILES string of the molecule is CN1CC(COc2cc(Nc3nc4ncc(Oc5cnn6ccnc(Cl)c56)c(Cl)c4n3C)cc(C(F)(F)F)c2)C1. The largest absolute Gasteiger partial charge is 0.493 e. The van der Waals surface area contributed by atoms with Crippen molar-refractivity contribution >= 4 is 51.5 Å². The van der Waals surface area contributed by atoms with Crippen molar-refractivity contribution in [2.45, 2.75) is 6.18 Å². The molecule has 40 heavy (non-hydrogen) atoms. The van der Waals surface area contributed by atoms with Crippen LogP contribution in [0.5, 0.6) is 17.2 Å². The highest BCUT2D eigenvalue weighted by Crippen LogP contribution is 2.39. The third kappa shape index (κ3) is 4.95. The molecule has 10 nitrogen and oxygen atoms in total. The molecule has 1 fully saturated rings. The van der Waals surface area contributed by atoms with Crippen molar-refractivity contribution in [2.24, 2.45) is 13.0 Å². The summed E-state index contributed by atoms with van der Waals surface area (Å²) in [6, 6.07) is 3.49. The van der Waals surface area contributed by atoms with Crippen LogP contribution in [0.3, 0.4) is 0 Å². The predicted octanol–water partition coefficient (Wildman–Crippen LogP) is 5.81. The van der Waals surface area contributed by atoms with Crippen molar-refractivity contribution in [1.29, 1.82) is 0 Å². The van der Waals surface area contributed by atoms with E-state index >= 15 is 0 Å². The lowest BCUT2D eigenvalue weighted by molar-refractivity contribution is -0.137. The van der Waals surface area contributed by atoms with Gasteiger partial charge in [0.2, 0.25) is 5.95 Å². The molecule has 1 aromatic carbocycles. The number of halogens is 5. The zero-order chi connectivity index (χ0) is 28.2. The summed E-state index contributed by atoms with van der Waals surface area (Å²) in [6.07, 6.45) is 1.42. The number of ether oxygens (including phenoxy) is 2. The van der Waals surface area contributed by atoms with Crippen LogP contribution in [0, 0.1) is 5.92 Å². The van der Waals surface area contributed by atoms with Crippen LogP contribution < -0.4 is 14.8 Å². The van der Waals surface area contributed by atoms with E-state index in [4.69, 9.17) is 32.7 Å². The van der Waals surface area contributed by atoms with Gasteiger partial charge in [-0.15, -0.1) is 0 Å². The van der Waals surface area contributed by atoms with Crippen LogP contribution >= 0.6 is 23.2 Å². The van der Waals surface area contributed by atoms with Gasteiger partial charge in [-0.3, -0.25) is 0 Å². The molecule has 15 heteroatoms. The lowest BCUT2D eigenvalue weighted by Gasteiger charge is -2.35. The Labute approximate surface area is 235 Å². The van der Waals surface area contributed by atoms with Gasteiger partial charge in [-0.25, -0.2) is 14.5 Å². The molecule has 0 radical (unpaired) electrons. The number of alkyl halides is 3. The summed E-state index contributed by atoms with van der Waals surface area (Å²) in [4.78, 5) is 14.9. The minimum Gasteiger partial charge on any atom is -0.493 e. The summed E-state index contributed by atoms with van der Waals surface area (Å²) in [6.45, 7) is 2.00. The Balaban J connectivity index is 1.30. The van der Waals surface area contributed by atoms with Gasteiger partial charge in [0.25, 0.3) is 0 Å². The molecule has 0 atom stereocenters. The van der Waals surface area contributed by atoms with E-state index in [-0.39, 0.29) is 44.9 Å². The molecule has 1 saturated heterocycles. The molecule has 0 spiro atoms. The number of anilines is 2. The van der Waals surface area contributed by atoms with Crippen LogP contribution in [-0.2, 0) is 13.2 Å². The summed E-state index contributed by atoms with van der Waals surface area (Å²) >= 11 is 12.9. The molecule has 5 heterocycles. The molecule has 0 bridgehead atoms. The molecule has 0 amide bonds. The third-order valence-corrected chi connectivity index (χ3v) is 7.14. The lowest BCUT2D eigenvalue weighted by atomic mass is 10.0. The fourth-order valence-electron chi connectivity index (χ4n) is 4.56. The highest BCUT2D eigenvalue weighted by atomic mass is 35.5. The first-order chi connectivity index (χ1) is 19.1. The zero-order valence-electron chi connectivity index (χ0n) is 21.1. The summed E-state index contributed by atoms with van der Waals surface area (Å²) in [5.74, 6) is 1.12. The monoisotopic (exact) mass is 592 g/mol. The molecule has 1 aliphatic rings. The Kier molecular flexibility index (Phi) is 6.59. The van der Waals surface area contributed by atoms with E-state index in [1.807, 2.05) is 7.05 Å². The van der Waals surface area contributed by atoms with Crippen molar-refractivity contribution < 1.29 is 22.6 Å². The minimum absolute atomic E-state index is 0.110. The molecule has 4 aromatic heterocycles. The van der Waals surface area contributed by atoms with Crippen LogP contribution in [0.4, 0.5) is 24.8 Å². The molecular formula is C25H21Cl2F3N8O2. The Morgan fingerprint density at radius 1 is 1.05 bits per heavy atom. The molecule has 0 saturated carbocycles. The first-order valence-corrected chi connectivity index (χ1v) is 12.8. The van der Waals surface area contributed by atoms with Gasteiger partial charge in [-0.2, -0.15) is 23.3 Å². The van der Waals surface area contributed by atoms with E-state index in [1.165, 1.54) is 29.2 Å². The third-order valence-electron chi connectivity index (χ3n) is 6.49. The summed E-state index contributed by atoms with van der Waals surface area (Å²) < 4.78 is 55.8. The quantitative estimate of drug-likeness (QED) is 0.253. The number of nitrogens with one attached hydrogen (secondary N) is 1. The molecule has 0 unspecified atom stereocenters. The molecule has 6 rings (SSSR count). The second-order valence-corrected chi connectivity index (χ2v) is 10.2. The molecule has 1 N–H and O–H groups in total. The number of likely N-dealkylation sites (tertiary alicyclic amines) is 1. The second-order valence-electron chi connectivity index (χ2n) is 9.49. The number of pyridine rings is 1. The van der Waals surface area contributed by atoms with E-state index in [0.29, 0.717) is 23.4 Å². The van der Waals surface area contributed by atoms with Gasteiger partial charge in [-0.05, 0) is 19.2 Å². The molecule has 0 aliphatic carbocycles. The van der Waals surface area contributed by atoms with Crippen molar-refractivity contribution in [3.63, 3.8) is 0 Å². The number of benzene rings is 1. The Morgan fingerprint density at radius 3 is 2.60 bits per heavy atom. The van der Waals surface area contributed by atoms with Crippen LogP contribution in [0.15, 0.2) is 43.0 Å². The maximum absolute atomic E-state index is 13.7. The number of aryl methyl sites for hydroxylation is 1. The summed E-state index contributed by atoms with van der Waals surface area (Å²) in [7, 11) is 3.63. The van der Waals surface area contributed by atoms with E-state index in [1.54, 1.807) is 17.8 Å². The second kappa shape index (κ2) is 9.98. The minimum atomic E-state index is -4.56. The van der Waals surface area contributed by atoms with Crippen molar-refractivity contribution in [3.05, 3.63) is 58.7 Å². The average Bonchev–Trinajstić information content (AvgIpc) is 3.44. The number of fused-ring (bicyclic) bond motifs is 2. The van der Waals surface area contributed by atoms with Gasteiger partial charge in [0.15, 0.2) is 22.3 Å². The van der Waals surface area contributed by atoms with Crippen LogP contribution in [0.2, 0.25) is 10.2 Å². The molecule has 208 valence electrons. The number of imidazole rings is 1. The highest BCUT2D eigenvalue weighted by Gasteiger charge is 2.32. The van der Waals surface area contributed by atoms with E-state index < -0.39 is 11.7 Å². The smallest absolute Gasteiger partial charge is 0.416 e. The van der Waals surface area contributed by atoms with E-state index in [2.05, 4.69) is 30.3 Å². The Morgan fingerprint density at radius 2 is 1.85 bits per heavy atom. The maximum Gasteiger partial charge on any atom is 0.416 e. The van der Waals surface area contributed by atoms with Gasteiger partial charge >= 0.3 is 6.18 Å². The van der Waals surface area contributed by atoms with E-state index in [9.17, 15) is 13.2 Å².